The van der Waals surface area contributed by atoms with Crippen molar-refractivity contribution in [2.75, 3.05) is 29.5 Å². The van der Waals surface area contributed by atoms with Crippen LogP contribution in [-0.2, 0) is 6.54 Å². The third-order valence-corrected chi connectivity index (χ3v) is 5.60. The Morgan fingerprint density at radius 2 is 2.50 bits per heavy atom. The fourth-order valence-electron chi connectivity index (χ4n) is 1.83. The van der Waals surface area contributed by atoms with Crippen LogP contribution in [-0.4, -0.2) is 44.7 Å². The highest BCUT2D eigenvalue weighted by Gasteiger charge is 2.19. The van der Waals surface area contributed by atoms with Crippen LogP contribution in [0.5, 0.6) is 0 Å². The van der Waals surface area contributed by atoms with Gasteiger partial charge in [0.15, 0.2) is 0 Å². The van der Waals surface area contributed by atoms with E-state index in [1.165, 1.54) is 17.7 Å². The van der Waals surface area contributed by atoms with Crippen molar-refractivity contribution in [2.45, 2.75) is 18.7 Å². The van der Waals surface area contributed by atoms with Crippen molar-refractivity contribution in [1.82, 2.24) is 15.1 Å². The summed E-state index contributed by atoms with van der Waals surface area (Å²) in [5.41, 5.74) is 6.70. The molecule has 7 heteroatoms. The van der Waals surface area contributed by atoms with Gasteiger partial charge in [-0.25, -0.2) is 0 Å². The standard InChI is InChI=1S/C11H18N4OS2/c1-2-15-10(9(12)6-14-15)11(16)13-5-8-7-17-3-4-18-8/h6,8H,2-5,7,12H2,1H3,(H,13,16). The molecule has 0 aromatic carbocycles. The molecule has 5 nitrogen and oxygen atoms in total. The van der Waals surface area contributed by atoms with Gasteiger partial charge < -0.3 is 11.1 Å². The number of carbonyl (C=O) groups is 1. The van der Waals surface area contributed by atoms with Crippen molar-refractivity contribution in [3.63, 3.8) is 0 Å². The summed E-state index contributed by atoms with van der Waals surface area (Å²) < 4.78 is 1.63. The van der Waals surface area contributed by atoms with Gasteiger partial charge in [0.05, 0.1) is 11.9 Å². The van der Waals surface area contributed by atoms with Gasteiger partial charge in [-0.05, 0) is 6.92 Å². The predicted octanol–water partition coefficient (Wildman–Crippen LogP) is 1.06. The fraction of sp³-hybridized carbons (Fsp3) is 0.636. The summed E-state index contributed by atoms with van der Waals surface area (Å²) in [5.74, 6) is 3.36. The van der Waals surface area contributed by atoms with Gasteiger partial charge in [-0.3, -0.25) is 9.48 Å². The van der Waals surface area contributed by atoms with Gasteiger partial charge in [0, 0.05) is 35.6 Å². The summed E-state index contributed by atoms with van der Waals surface area (Å²) in [6, 6.07) is 0. The first-order chi connectivity index (χ1) is 8.72. The van der Waals surface area contributed by atoms with Gasteiger partial charge in [0.25, 0.3) is 5.91 Å². The van der Waals surface area contributed by atoms with Crippen LogP contribution >= 0.6 is 23.5 Å². The maximum absolute atomic E-state index is 12.1. The van der Waals surface area contributed by atoms with Crippen molar-refractivity contribution in [3.8, 4) is 0 Å². The van der Waals surface area contributed by atoms with Gasteiger partial charge in [0.2, 0.25) is 0 Å². The number of nitrogens with one attached hydrogen (secondary N) is 1. The number of thioether (sulfide) groups is 2. The Balaban J connectivity index is 1.92. The van der Waals surface area contributed by atoms with Gasteiger partial charge in [-0.2, -0.15) is 28.6 Å². The second-order valence-corrected chi connectivity index (χ2v) is 6.60. The molecule has 1 amide bonds. The number of nitrogen functional groups attached to an aromatic ring is 1. The Kier molecular flexibility index (Phi) is 4.82. The number of carbonyl (C=O) groups excluding carboxylic acids is 1. The van der Waals surface area contributed by atoms with E-state index in [1.54, 1.807) is 4.68 Å². The van der Waals surface area contributed by atoms with Crippen LogP contribution in [0.4, 0.5) is 5.69 Å². The minimum absolute atomic E-state index is 0.122. The van der Waals surface area contributed by atoms with Crippen LogP contribution in [0.15, 0.2) is 6.20 Å². The molecule has 0 spiro atoms. The lowest BCUT2D eigenvalue weighted by Gasteiger charge is -2.21. The van der Waals surface area contributed by atoms with E-state index in [0.29, 0.717) is 29.7 Å². The van der Waals surface area contributed by atoms with Gasteiger partial charge in [-0.1, -0.05) is 0 Å². The number of hydrogen-bond acceptors (Lipinski definition) is 5. The number of amides is 1. The molecule has 2 rings (SSSR count). The largest absolute Gasteiger partial charge is 0.396 e. The van der Waals surface area contributed by atoms with Gasteiger partial charge >= 0.3 is 0 Å². The zero-order valence-corrected chi connectivity index (χ0v) is 12.0. The number of nitrogens with zero attached hydrogens (tertiary/aromatic N) is 2. The first kappa shape index (κ1) is 13.6. The molecular formula is C11H18N4OS2. The number of rotatable bonds is 4. The summed E-state index contributed by atoms with van der Waals surface area (Å²) in [4.78, 5) is 12.1. The number of aryl methyl sites for hydroxylation is 1. The number of anilines is 1. The van der Waals surface area contributed by atoms with Gasteiger partial charge in [-0.15, -0.1) is 0 Å². The van der Waals surface area contributed by atoms with Crippen LogP contribution in [0.25, 0.3) is 0 Å². The molecule has 100 valence electrons. The minimum Gasteiger partial charge on any atom is -0.396 e. The molecule has 0 saturated carbocycles. The second kappa shape index (κ2) is 6.38. The van der Waals surface area contributed by atoms with Gasteiger partial charge in [0.1, 0.15) is 5.69 Å². The molecule has 0 aliphatic carbocycles. The topological polar surface area (TPSA) is 72.9 Å². The SMILES string of the molecule is CCn1ncc(N)c1C(=O)NCC1CSCCS1. The van der Waals surface area contributed by atoms with Crippen LogP contribution in [0.1, 0.15) is 17.4 Å². The number of hydrogen-bond donors (Lipinski definition) is 2. The van der Waals surface area contributed by atoms with Crippen molar-refractivity contribution < 1.29 is 4.79 Å². The predicted molar refractivity (Wildman–Crippen MR) is 78.2 cm³/mol. The van der Waals surface area contributed by atoms with Crippen LogP contribution in [0, 0.1) is 0 Å². The lowest BCUT2D eigenvalue weighted by atomic mass is 10.3. The van der Waals surface area contributed by atoms with Crippen molar-refractivity contribution in [2.24, 2.45) is 0 Å². The summed E-state index contributed by atoms with van der Waals surface area (Å²) in [5, 5.41) is 7.53. The Labute approximate surface area is 115 Å². The van der Waals surface area contributed by atoms with E-state index in [4.69, 9.17) is 5.73 Å². The monoisotopic (exact) mass is 286 g/mol. The number of aromatic nitrogens is 2. The molecule has 1 atom stereocenters. The smallest absolute Gasteiger partial charge is 0.271 e. The molecule has 0 bridgehead atoms. The first-order valence-corrected chi connectivity index (χ1v) is 8.21. The summed E-state index contributed by atoms with van der Waals surface area (Å²) in [7, 11) is 0. The normalized spacial score (nSPS) is 19.7. The van der Waals surface area contributed by atoms with E-state index in [-0.39, 0.29) is 5.91 Å². The van der Waals surface area contributed by atoms with Crippen molar-refractivity contribution in [1.29, 1.82) is 0 Å². The molecule has 1 aromatic rings. The lowest BCUT2D eigenvalue weighted by Crippen LogP contribution is -2.34. The summed E-state index contributed by atoms with van der Waals surface area (Å²) >= 11 is 3.88. The van der Waals surface area contributed by atoms with Crippen LogP contribution in [0.2, 0.25) is 0 Å². The molecular weight excluding hydrogens is 268 g/mol. The Morgan fingerprint density at radius 3 is 3.17 bits per heavy atom. The van der Waals surface area contributed by atoms with E-state index in [9.17, 15) is 4.79 Å². The van der Waals surface area contributed by atoms with Crippen LogP contribution < -0.4 is 11.1 Å². The molecule has 1 aliphatic heterocycles. The quantitative estimate of drug-likeness (QED) is 0.866. The van der Waals surface area contributed by atoms with Crippen LogP contribution in [0.3, 0.4) is 0 Å². The highest BCUT2D eigenvalue weighted by atomic mass is 32.2. The molecule has 1 unspecified atom stereocenters. The molecule has 18 heavy (non-hydrogen) atoms. The number of nitrogens with two attached hydrogens (primary N) is 1. The molecule has 0 radical (unpaired) electrons. The Morgan fingerprint density at radius 1 is 1.67 bits per heavy atom. The van der Waals surface area contributed by atoms with E-state index in [0.717, 1.165) is 5.75 Å². The molecule has 2 heterocycles. The third kappa shape index (κ3) is 3.14. The zero-order chi connectivity index (χ0) is 13.0. The van der Waals surface area contributed by atoms with Crippen molar-refractivity contribution in [3.05, 3.63) is 11.9 Å². The minimum atomic E-state index is -0.122. The molecule has 1 saturated heterocycles. The summed E-state index contributed by atoms with van der Waals surface area (Å²) in [6.07, 6.45) is 1.53. The molecule has 3 N–H and O–H groups in total. The van der Waals surface area contributed by atoms with E-state index < -0.39 is 0 Å². The fourth-order valence-corrected chi connectivity index (χ4v) is 4.44. The maximum atomic E-state index is 12.1. The van der Waals surface area contributed by atoms with E-state index in [2.05, 4.69) is 10.4 Å². The van der Waals surface area contributed by atoms with E-state index >= 15 is 0 Å². The third-order valence-electron chi connectivity index (χ3n) is 2.76. The average molecular weight is 286 g/mol. The zero-order valence-electron chi connectivity index (χ0n) is 10.4. The highest BCUT2D eigenvalue weighted by molar-refractivity contribution is 8.06. The lowest BCUT2D eigenvalue weighted by molar-refractivity contribution is 0.0944. The Hall–Kier alpha value is -0.820. The Bertz CT molecular complexity index is 415. The van der Waals surface area contributed by atoms with E-state index in [1.807, 2.05) is 30.4 Å². The first-order valence-electron chi connectivity index (χ1n) is 6.01. The summed E-state index contributed by atoms with van der Waals surface area (Å²) in [6.45, 7) is 3.29. The highest BCUT2D eigenvalue weighted by Crippen LogP contribution is 2.23. The molecule has 1 aliphatic rings. The average Bonchev–Trinajstić information content (AvgIpc) is 2.78. The molecule has 1 fully saturated rings. The maximum Gasteiger partial charge on any atom is 0.271 e. The second-order valence-electron chi connectivity index (χ2n) is 4.04. The van der Waals surface area contributed by atoms with Crippen molar-refractivity contribution >= 4 is 35.1 Å². The molecule has 1 aromatic heterocycles.